The molecule has 204 valence electrons. The molecule has 2 aliphatic rings. The number of hydrogen-bond donors (Lipinski definition) is 1. The van der Waals surface area contributed by atoms with E-state index in [0.717, 1.165) is 42.1 Å². The van der Waals surface area contributed by atoms with Gasteiger partial charge in [-0.2, -0.15) is 4.68 Å². The third-order valence-corrected chi connectivity index (χ3v) is 7.43. The molecule has 2 aliphatic heterocycles. The fraction of sp³-hybridized carbons (Fsp3) is 0.379. The summed E-state index contributed by atoms with van der Waals surface area (Å²) < 4.78 is 6.34. The molecule has 0 unspecified atom stereocenters. The van der Waals surface area contributed by atoms with E-state index in [0.29, 0.717) is 16.8 Å². The summed E-state index contributed by atoms with van der Waals surface area (Å²) in [5.41, 5.74) is 3.66. The summed E-state index contributed by atoms with van der Waals surface area (Å²) in [5, 5.41) is 7.23. The molecule has 3 heterocycles. The standard InChI is InChI=1S/C29H34N6O4/c1-4-39-29(38)35-25-19-34(28(37)20(2)21-8-6-5-7-9-21)18-24(25)26(31-35)30-27(36)22-10-12-23(13-11-22)33-16-14-32(3)15-17-33/h5-13,20H,4,14-19H2,1-3H3,(H,30,31,36)/t20-/m0/s1. The number of fused-ring (bicyclic) bond motifs is 1. The van der Waals surface area contributed by atoms with E-state index in [2.05, 4.69) is 27.3 Å². The Kier molecular flexibility index (Phi) is 7.65. The van der Waals surface area contributed by atoms with Crippen molar-refractivity contribution in [2.45, 2.75) is 32.9 Å². The Balaban J connectivity index is 1.34. The summed E-state index contributed by atoms with van der Waals surface area (Å²) in [6, 6.07) is 17.1. The number of amides is 2. The predicted octanol–water partition coefficient (Wildman–Crippen LogP) is 3.54. The highest BCUT2D eigenvalue weighted by molar-refractivity contribution is 6.04. The van der Waals surface area contributed by atoms with Crippen molar-refractivity contribution in [1.29, 1.82) is 0 Å². The number of likely N-dealkylation sites (N-methyl/N-ethyl adjacent to an activating group) is 1. The van der Waals surface area contributed by atoms with Gasteiger partial charge in [0.25, 0.3) is 5.91 Å². The SMILES string of the molecule is CCOC(=O)n1nc(NC(=O)c2ccc(N3CCN(C)CC3)cc2)c2c1CN(C(=O)[C@@H](C)c1ccccc1)C2. The van der Waals surface area contributed by atoms with Crippen molar-refractivity contribution in [3.05, 3.63) is 77.0 Å². The minimum Gasteiger partial charge on any atom is -0.448 e. The smallest absolute Gasteiger partial charge is 0.435 e. The third-order valence-electron chi connectivity index (χ3n) is 7.43. The minimum absolute atomic E-state index is 0.0652. The number of ether oxygens (including phenoxy) is 1. The molecule has 1 aromatic heterocycles. The molecule has 0 aliphatic carbocycles. The number of nitrogens with zero attached hydrogens (tertiary/aromatic N) is 5. The van der Waals surface area contributed by atoms with Crippen molar-refractivity contribution in [3.63, 3.8) is 0 Å². The normalized spacial score (nSPS) is 16.1. The molecule has 1 saturated heterocycles. The first-order valence-electron chi connectivity index (χ1n) is 13.3. The van der Waals surface area contributed by atoms with E-state index in [1.54, 1.807) is 24.0 Å². The van der Waals surface area contributed by atoms with Crippen LogP contribution in [0.15, 0.2) is 54.6 Å². The van der Waals surface area contributed by atoms with Crippen molar-refractivity contribution in [3.8, 4) is 0 Å². The van der Waals surface area contributed by atoms with Crippen LogP contribution in [0.5, 0.6) is 0 Å². The highest BCUT2D eigenvalue weighted by Crippen LogP contribution is 2.32. The average Bonchev–Trinajstić information content (AvgIpc) is 3.54. The number of benzene rings is 2. The highest BCUT2D eigenvalue weighted by Gasteiger charge is 2.35. The molecule has 1 fully saturated rings. The summed E-state index contributed by atoms with van der Waals surface area (Å²) in [5.74, 6) is -0.492. The lowest BCUT2D eigenvalue weighted by atomic mass is 10.00. The third kappa shape index (κ3) is 5.51. The fourth-order valence-corrected chi connectivity index (χ4v) is 5.06. The topological polar surface area (TPSA) is 100 Å². The number of piperazine rings is 1. The molecule has 0 bridgehead atoms. The van der Waals surface area contributed by atoms with Crippen LogP contribution in [0.1, 0.15) is 46.9 Å². The molecule has 2 amide bonds. The Morgan fingerprint density at radius 1 is 0.974 bits per heavy atom. The monoisotopic (exact) mass is 530 g/mol. The quantitative estimate of drug-likeness (QED) is 0.520. The number of anilines is 2. The van der Waals surface area contributed by atoms with Crippen molar-refractivity contribution < 1.29 is 19.1 Å². The number of aromatic nitrogens is 2. The molecule has 39 heavy (non-hydrogen) atoms. The van der Waals surface area contributed by atoms with Gasteiger partial charge in [-0.3, -0.25) is 9.59 Å². The molecule has 2 aromatic carbocycles. The maximum Gasteiger partial charge on any atom is 0.435 e. The Morgan fingerprint density at radius 3 is 2.33 bits per heavy atom. The second-order valence-corrected chi connectivity index (χ2v) is 10.0. The molecule has 0 spiro atoms. The van der Waals surface area contributed by atoms with Gasteiger partial charge in [0.15, 0.2) is 5.82 Å². The van der Waals surface area contributed by atoms with Gasteiger partial charge in [-0.15, -0.1) is 5.10 Å². The van der Waals surface area contributed by atoms with Crippen LogP contribution in [0.3, 0.4) is 0 Å². The van der Waals surface area contributed by atoms with Gasteiger partial charge in [0, 0.05) is 43.0 Å². The molecule has 1 N–H and O–H groups in total. The number of carbonyl (C=O) groups excluding carboxylic acids is 3. The van der Waals surface area contributed by atoms with Gasteiger partial charge in [0.2, 0.25) is 5.91 Å². The molecule has 10 heteroatoms. The predicted molar refractivity (Wildman–Crippen MR) is 148 cm³/mol. The Morgan fingerprint density at radius 2 is 1.67 bits per heavy atom. The molecular formula is C29H34N6O4. The van der Waals surface area contributed by atoms with Gasteiger partial charge in [-0.05, 0) is 50.7 Å². The van der Waals surface area contributed by atoms with E-state index in [1.807, 2.05) is 49.4 Å². The zero-order valence-corrected chi connectivity index (χ0v) is 22.6. The number of rotatable bonds is 6. The second-order valence-electron chi connectivity index (χ2n) is 10.0. The Bertz CT molecular complexity index is 1350. The molecule has 5 rings (SSSR count). The van der Waals surface area contributed by atoms with Gasteiger partial charge in [-0.25, -0.2) is 4.79 Å². The van der Waals surface area contributed by atoms with Crippen LogP contribution in [0, 0.1) is 0 Å². The van der Waals surface area contributed by atoms with Crippen molar-refractivity contribution >= 4 is 29.4 Å². The van der Waals surface area contributed by atoms with Crippen LogP contribution in [-0.4, -0.2) is 77.3 Å². The Labute approximate surface area is 228 Å². The summed E-state index contributed by atoms with van der Waals surface area (Å²) in [4.78, 5) is 45.5. The Hall–Kier alpha value is -4.18. The number of carbonyl (C=O) groups is 3. The molecule has 0 saturated carbocycles. The van der Waals surface area contributed by atoms with E-state index in [-0.39, 0.29) is 43.2 Å². The first-order valence-corrected chi connectivity index (χ1v) is 13.3. The molecule has 1 atom stereocenters. The average molecular weight is 531 g/mol. The van der Waals surface area contributed by atoms with E-state index < -0.39 is 6.09 Å². The lowest BCUT2D eigenvalue weighted by Gasteiger charge is -2.34. The minimum atomic E-state index is -0.642. The van der Waals surface area contributed by atoms with Gasteiger partial charge >= 0.3 is 6.09 Å². The molecule has 0 radical (unpaired) electrons. The number of hydrogen-bond acceptors (Lipinski definition) is 7. The highest BCUT2D eigenvalue weighted by atomic mass is 16.6. The van der Waals surface area contributed by atoms with Crippen LogP contribution < -0.4 is 10.2 Å². The van der Waals surface area contributed by atoms with Gasteiger partial charge in [-0.1, -0.05) is 30.3 Å². The first kappa shape index (κ1) is 26.4. The first-order chi connectivity index (χ1) is 18.9. The summed E-state index contributed by atoms with van der Waals surface area (Å²) in [6.45, 7) is 8.09. The van der Waals surface area contributed by atoms with Crippen molar-refractivity contribution in [2.24, 2.45) is 0 Å². The molecule has 10 nitrogen and oxygen atoms in total. The van der Waals surface area contributed by atoms with Crippen LogP contribution in [0.2, 0.25) is 0 Å². The van der Waals surface area contributed by atoms with E-state index in [9.17, 15) is 14.4 Å². The lowest BCUT2D eigenvalue weighted by molar-refractivity contribution is -0.133. The van der Waals surface area contributed by atoms with Gasteiger partial charge in [0.1, 0.15) is 0 Å². The van der Waals surface area contributed by atoms with Gasteiger partial charge in [0.05, 0.1) is 31.3 Å². The van der Waals surface area contributed by atoms with E-state index in [4.69, 9.17) is 4.74 Å². The van der Waals surface area contributed by atoms with Crippen LogP contribution in [0.4, 0.5) is 16.3 Å². The summed E-state index contributed by atoms with van der Waals surface area (Å²) in [6.07, 6.45) is -0.642. The summed E-state index contributed by atoms with van der Waals surface area (Å²) >= 11 is 0. The van der Waals surface area contributed by atoms with Crippen molar-refractivity contribution in [1.82, 2.24) is 19.6 Å². The summed E-state index contributed by atoms with van der Waals surface area (Å²) in [7, 11) is 2.11. The maximum absolute atomic E-state index is 13.3. The van der Waals surface area contributed by atoms with E-state index in [1.165, 1.54) is 0 Å². The largest absolute Gasteiger partial charge is 0.448 e. The molecule has 3 aromatic rings. The fourth-order valence-electron chi connectivity index (χ4n) is 5.06. The molecular weight excluding hydrogens is 496 g/mol. The maximum atomic E-state index is 13.3. The van der Waals surface area contributed by atoms with Gasteiger partial charge < -0.3 is 24.8 Å². The van der Waals surface area contributed by atoms with Crippen LogP contribution >= 0.6 is 0 Å². The van der Waals surface area contributed by atoms with Crippen LogP contribution in [-0.2, 0) is 22.6 Å². The lowest BCUT2D eigenvalue weighted by Crippen LogP contribution is -2.44. The second kappa shape index (κ2) is 11.3. The van der Waals surface area contributed by atoms with Crippen LogP contribution in [0.25, 0.3) is 0 Å². The van der Waals surface area contributed by atoms with E-state index >= 15 is 0 Å². The van der Waals surface area contributed by atoms with Crippen molar-refractivity contribution in [2.75, 3.05) is 50.1 Å². The zero-order chi connectivity index (χ0) is 27.5. The number of nitrogens with one attached hydrogen (secondary N) is 1. The zero-order valence-electron chi connectivity index (χ0n) is 22.6.